The van der Waals surface area contributed by atoms with Gasteiger partial charge in [-0.25, -0.2) is 0 Å². The van der Waals surface area contributed by atoms with Crippen molar-refractivity contribution >= 4 is 23.2 Å². The summed E-state index contributed by atoms with van der Waals surface area (Å²) in [5.74, 6) is 0. The van der Waals surface area contributed by atoms with Crippen molar-refractivity contribution in [1.82, 2.24) is 15.1 Å². The highest BCUT2D eigenvalue weighted by molar-refractivity contribution is 6.42. The zero-order valence-electron chi connectivity index (χ0n) is 14.4. The van der Waals surface area contributed by atoms with Gasteiger partial charge in [0.15, 0.2) is 0 Å². The van der Waals surface area contributed by atoms with Crippen LogP contribution in [0.2, 0.25) is 10.0 Å². The Morgan fingerprint density at radius 2 is 2.00 bits per heavy atom. The number of halogens is 2. The van der Waals surface area contributed by atoms with Crippen molar-refractivity contribution in [3.63, 3.8) is 0 Å². The van der Waals surface area contributed by atoms with Gasteiger partial charge in [0.1, 0.15) is 0 Å². The molecular formula is C19H23Cl2N3. The molecule has 4 rings (SSSR count). The number of nitrogens with one attached hydrogen (secondary N) is 1. The minimum absolute atomic E-state index is 0.179. The molecule has 2 aromatic rings. The van der Waals surface area contributed by atoms with Crippen molar-refractivity contribution in [1.29, 1.82) is 0 Å². The van der Waals surface area contributed by atoms with Crippen LogP contribution in [0.5, 0.6) is 0 Å². The van der Waals surface area contributed by atoms with E-state index in [4.69, 9.17) is 28.3 Å². The second-order valence-corrected chi connectivity index (χ2v) is 8.33. The molecule has 1 saturated carbocycles. The predicted octanol–water partition coefficient (Wildman–Crippen LogP) is 4.69. The maximum Gasteiger partial charge on any atom is 0.0596 e. The van der Waals surface area contributed by atoms with Crippen LogP contribution in [0.25, 0.3) is 0 Å². The molecule has 0 bridgehead atoms. The molecule has 1 aromatic carbocycles. The van der Waals surface area contributed by atoms with Crippen molar-refractivity contribution in [3.8, 4) is 0 Å². The van der Waals surface area contributed by atoms with Crippen molar-refractivity contribution in [2.24, 2.45) is 5.41 Å². The summed E-state index contributed by atoms with van der Waals surface area (Å²) in [5.41, 5.74) is 4.01. The molecular weight excluding hydrogens is 341 g/mol. The van der Waals surface area contributed by atoms with Crippen LogP contribution in [0.3, 0.4) is 0 Å². The second-order valence-electron chi connectivity index (χ2n) is 7.52. The molecule has 3 unspecified atom stereocenters. The number of benzene rings is 1. The van der Waals surface area contributed by atoms with Gasteiger partial charge in [0, 0.05) is 23.1 Å². The van der Waals surface area contributed by atoms with Crippen LogP contribution >= 0.6 is 23.2 Å². The summed E-state index contributed by atoms with van der Waals surface area (Å²) in [6.45, 7) is 8.59. The van der Waals surface area contributed by atoms with Crippen molar-refractivity contribution < 1.29 is 0 Å². The molecule has 1 N–H and O–H groups in total. The van der Waals surface area contributed by atoms with Crippen LogP contribution in [0.15, 0.2) is 24.3 Å². The van der Waals surface area contributed by atoms with E-state index in [0.29, 0.717) is 16.1 Å². The molecule has 5 heteroatoms. The minimum atomic E-state index is 0.179. The van der Waals surface area contributed by atoms with Gasteiger partial charge >= 0.3 is 0 Å². The monoisotopic (exact) mass is 363 g/mol. The molecule has 3 atom stereocenters. The normalized spacial score (nSPS) is 30.0. The van der Waals surface area contributed by atoms with E-state index in [2.05, 4.69) is 49.0 Å². The highest BCUT2D eigenvalue weighted by Crippen LogP contribution is 2.72. The van der Waals surface area contributed by atoms with Gasteiger partial charge in [-0.15, -0.1) is 0 Å². The molecule has 2 aliphatic rings. The van der Waals surface area contributed by atoms with Gasteiger partial charge < -0.3 is 5.32 Å². The lowest BCUT2D eigenvalue weighted by atomic mass is 9.77. The Bertz CT molecular complexity index is 800. The number of piperidine rings is 1. The fourth-order valence-electron chi connectivity index (χ4n) is 4.97. The number of hydrogen-bond acceptors (Lipinski definition) is 2. The van der Waals surface area contributed by atoms with Crippen LogP contribution in [0.4, 0.5) is 0 Å². The zero-order valence-corrected chi connectivity index (χ0v) is 15.9. The Morgan fingerprint density at radius 1 is 1.21 bits per heavy atom. The number of rotatable bonds is 3. The maximum atomic E-state index is 6.32. The summed E-state index contributed by atoms with van der Waals surface area (Å²) in [6.07, 6.45) is 2.30. The average molecular weight is 364 g/mol. The summed E-state index contributed by atoms with van der Waals surface area (Å²) in [7, 11) is 0. The average Bonchev–Trinajstić information content (AvgIpc) is 3.16. The highest BCUT2D eigenvalue weighted by atomic mass is 35.5. The van der Waals surface area contributed by atoms with E-state index in [1.54, 1.807) is 0 Å². The second kappa shape index (κ2) is 5.48. The van der Waals surface area contributed by atoms with E-state index >= 15 is 0 Å². The molecule has 0 radical (unpaired) electrons. The molecule has 1 aliphatic carbocycles. The smallest absolute Gasteiger partial charge is 0.0596 e. The summed E-state index contributed by atoms with van der Waals surface area (Å²) < 4.78 is 2.21. The van der Waals surface area contributed by atoms with E-state index in [-0.39, 0.29) is 10.8 Å². The Hall–Kier alpha value is -1.03. The Kier molecular flexibility index (Phi) is 3.76. The fourth-order valence-corrected chi connectivity index (χ4v) is 5.27. The Morgan fingerprint density at radius 3 is 2.67 bits per heavy atom. The topological polar surface area (TPSA) is 29.9 Å². The SMILES string of the molecule is Cc1cc(C)n(C(C)C23CNCCC2(c2ccc(Cl)c(Cl)c2)C3)n1. The predicted molar refractivity (Wildman–Crippen MR) is 99.1 cm³/mol. The summed E-state index contributed by atoms with van der Waals surface area (Å²) in [6, 6.07) is 8.67. The van der Waals surface area contributed by atoms with Crippen LogP contribution in [0, 0.1) is 19.3 Å². The lowest BCUT2D eigenvalue weighted by Gasteiger charge is -2.36. The van der Waals surface area contributed by atoms with Crippen LogP contribution in [0.1, 0.15) is 42.8 Å². The van der Waals surface area contributed by atoms with Gasteiger partial charge in [-0.2, -0.15) is 5.10 Å². The van der Waals surface area contributed by atoms with Gasteiger partial charge in [0.25, 0.3) is 0 Å². The first-order valence-electron chi connectivity index (χ1n) is 8.59. The molecule has 0 amide bonds. The highest BCUT2D eigenvalue weighted by Gasteiger charge is 2.71. The Balaban J connectivity index is 1.76. The van der Waals surface area contributed by atoms with E-state index < -0.39 is 0 Å². The number of fused-ring (bicyclic) bond motifs is 1. The molecule has 2 heterocycles. The zero-order chi connectivity index (χ0) is 17.1. The number of aromatic nitrogens is 2. The van der Waals surface area contributed by atoms with Gasteiger partial charge in [0.05, 0.1) is 21.8 Å². The third-order valence-electron chi connectivity index (χ3n) is 6.30. The van der Waals surface area contributed by atoms with Gasteiger partial charge in [-0.1, -0.05) is 29.3 Å². The van der Waals surface area contributed by atoms with Crippen LogP contribution in [-0.4, -0.2) is 22.9 Å². The molecule has 128 valence electrons. The van der Waals surface area contributed by atoms with Gasteiger partial charge in [-0.05, 0) is 63.9 Å². The lowest BCUT2D eigenvalue weighted by molar-refractivity contribution is 0.217. The van der Waals surface area contributed by atoms with E-state index in [1.807, 2.05) is 6.07 Å². The first-order valence-corrected chi connectivity index (χ1v) is 9.34. The maximum absolute atomic E-state index is 6.32. The minimum Gasteiger partial charge on any atom is -0.316 e. The van der Waals surface area contributed by atoms with E-state index in [0.717, 1.165) is 25.2 Å². The number of hydrogen-bond donors (Lipinski definition) is 1. The summed E-state index contributed by atoms with van der Waals surface area (Å²) in [5, 5.41) is 9.65. The van der Waals surface area contributed by atoms with Crippen LogP contribution in [-0.2, 0) is 5.41 Å². The van der Waals surface area contributed by atoms with Gasteiger partial charge in [0.2, 0.25) is 0 Å². The Labute approximate surface area is 153 Å². The van der Waals surface area contributed by atoms with Crippen molar-refractivity contribution in [3.05, 3.63) is 51.3 Å². The third kappa shape index (κ3) is 2.18. The lowest BCUT2D eigenvalue weighted by Crippen LogP contribution is -2.42. The van der Waals surface area contributed by atoms with Crippen molar-refractivity contribution in [2.45, 2.75) is 45.1 Å². The molecule has 2 fully saturated rings. The molecule has 1 aromatic heterocycles. The van der Waals surface area contributed by atoms with Crippen molar-refractivity contribution in [2.75, 3.05) is 13.1 Å². The molecule has 1 saturated heterocycles. The molecule has 1 aliphatic heterocycles. The quantitative estimate of drug-likeness (QED) is 0.856. The summed E-state index contributed by atoms with van der Waals surface area (Å²) in [4.78, 5) is 0. The van der Waals surface area contributed by atoms with E-state index in [9.17, 15) is 0 Å². The third-order valence-corrected chi connectivity index (χ3v) is 7.04. The van der Waals surface area contributed by atoms with E-state index in [1.165, 1.54) is 17.7 Å². The standard InChI is InChI=1S/C19H23Cl2N3/c1-12-8-13(2)24(23-12)14(3)19-10-18(19,6-7-22-11-19)15-4-5-16(20)17(21)9-15/h4-5,8-9,14,22H,6-7,10-11H2,1-3H3. The first kappa shape index (κ1) is 16.4. The molecule has 3 nitrogen and oxygen atoms in total. The molecule has 0 spiro atoms. The number of aryl methyl sites for hydroxylation is 2. The van der Waals surface area contributed by atoms with Gasteiger partial charge in [-0.3, -0.25) is 4.68 Å². The summed E-state index contributed by atoms with van der Waals surface area (Å²) >= 11 is 12.5. The first-order chi connectivity index (χ1) is 11.4. The fraction of sp³-hybridized carbons (Fsp3) is 0.526. The number of nitrogens with zero attached hydrogens (tertiary/aromatic N) is 2. The molecule has 24 heavy (non-hydrogen) atoms. The largest absolute Gasteiger partial charge is 0.316 e. The van der Waals surface area contributed by atoms with Crippen LogP contribution < -0.4 is 5.32 Å².